The Hall–Kier alpha value is -0.900. The lowest BCUT2D eigenvalue weighted by molar-refractivity contribution is 0.472. The van der Waals surface area contributed by atoms with E-state index in [9.17, 15) is 0 Å². The number of hydrogen-bond donors (Lipinski definition) is 1. The van der Waals surface area contributed by atoms with Crippen LogP contribution in [0.1, 0.15) is 6.42 Å². The van der Waals surface area contributed by atoms with Gasteiger partial charge in [-0.3, -0.25) is 0 Å². The van der Waals surface area contributed by atoms with Gasteiger partial charge >= 0.3 is 0 Å². The van der Waals surface area contributed by atoms with Crippen molar-refractivity contribution in [1.29, 1.82) is 0 Å². The van der Waals surface area contributed by atoms with Gasteiger partial charge in [-0.25, -0.2) is 0 Å². The zero-order chi connectivity index (χ0) is 4.83. The average molecular weight is 82.1 g/mol. The minimum Gasteiger partial charge on any atom is -0.516 e. The summed E-state index contributed by atoms with van der Waals surface area (Å²) < 4.78 is 0. The second kappa shape index (κ2) is 4.10. The summed E-state index contributed by atoms with van der Waals surface area (Å²) >= 11 is 0. The van der Waals surface area contributed by atoms with Crippen molar-refractivity contribution in [2.75, 3.05) is 0 Å². The van der Waals surface area contributed by atoms with Gasteiger partial charge in [-0.1, -0.05) is 0 Å². The van der Waals surface area contributed by atoms with E-state index in [1.54, 1.807) is 0 Å². The van der Waals surface area contributed by atoms with Gasteiger partial charge in [-0.2, -0.15) is 0 Å². The molecule has 0 unspecified atom stereocenters. The van der Waals surface area contributed by atoms with Crippen LogP contribution in [0.2, 0.25) is 0 Å². The van der Waals surface area contributed by atoms with Crippen LogP contribution >= 0.6 is 0 Å². The Bertz CT molecular complexity index is 76.4. The molecule has 0 aromatic rings. The molecule has 1 N–H and O–H groups in total. The summed E-state index contributed by atoms with van der Waals surface area (Å²) in [5.41, 5.74) is 0. The fourth-order valence-electron chi connectivity index (χ4n) is 0.121. The van der Waals surface area contributed by atoms with Gasteiger partial charge in [0.05, 0.1) is 6.26 Å². The molecule has 0 aromatic heterocycles. The molecule has 0 amide bonds. The molecule has 0 aliphatic heterocycles. The van der Waals surface area contributed by atoms with Crippen LogP contribution in [-0.2, 0) is 0 Å². The van der Waals surface area contributed by atoms with E-state index >= 15 is 0 Å². The van der Waals surface area contributed by atoms with Gasteiger partial charge in [0.2, 0.25) is 0 Å². The van der Waals surface area contributed by atoms with Crippen molar-refractivity contribution in [3.63, 3.8) is 0 Å². The summed E-state index contributed by atoms with van der Waals surface area (Å²) in [5.74, 6) is 2.32. The first-order valence-electron chi connectivity index (χ1n) is 1.64. The van der Waals surface area contributed by atoms with Crippen molar-refractivity contribution in [3.8, 4) is 12.3 Å². The number of rotatable bonds is 1. The van der Waals surface area contributed by atoms with Gasteiger partial charge in [0, 0.05) is 6.42 Å². The standard InChI is InChI=1S/C5H6O/c1-2-3-4-5-6/h1,4-6H,3H2/b5-4+. The number of hydrogen-bond acceptors (Lipinski definition) is 1. The van der Waals surface area contributed by atoms with Crippen LogP contribution in [0.25, 0.3) is 0 Å². The molecule has 0 aliphatic carbocycles. The number of aliphatic hydroxyl groups is 1. The van der Waals surface area contributed by atoms with Crippen molar-refractivity contribution < 1.29 is 5.11 Å². The summed E-state index contributed by atoms with van der Waals surface area (Å²) in [6.07, 6.45) is 7.76. The van der Waals surface area contributed by atoms with Gasteiger partial charge in [-0.05, 0) is 6.08 Å². The summed E-state index contributed by atoms with van der Waals surface area (Å²) in [4.78, 5) is 0. The van der Waals surface area contributed by atoms with E-state index in [2.05, 4.69) is 5.92 Å². The van der Waals surface area contributed by atoms with Gasteiger partial charge in [0.25, 0.3) is 0 Å². The first-order valence-corrected chi connectivity index (χ1v) is 1.64. The molecule has 0 saturated carbocycles. The lowest BCUT2D eigenvalue weighted by Crippen LogP contribution is -1.52. The summed E-state index contributed by atoms with van der Waals surface area (Å²) in [7, 11) is 0. The second-order valence-corrected chi connectivity index (χ2v) is 0.793. The molecule has 1 heteroatoms. The fourth-order valence-corrected chi connectivity index (χ4v) is 0.121. The predicted molar refractivity (Wildman–Crippen MR) is 25.2 cm³/mol. The van der Waals surface area contributed by atoms with E-state index < -0.39 is 0 Å². The first kappa shape index (κ1) is 5.10. The molecule has 0 rings (SSSR count). The minimum atomic E-state index is 0.510. The molecule has 0 aliphatic rings. The quantitative estimate of drug-likeness (QED) is 0.370. The highest BCUT2D eigenvalue weighted by Gasteiger charge is 1.58. The molecular weight excluding hydrogens is 76.1 g/mol. The summed E-state index contributed by atoms with van der Waals surface area (Å²) in [5, 5.41) is 7.92. The van der Waals surface area contributed by atoms with Gasteiger partial charge in [0.1, 0.15) is 0 Å². The van der Waals surface area contributed by atoms with Gasteiger partial charge in [0.15, 0.2) is 0 Å². The van der Waals surface area contributed by atoms with E-state index in [0.29, 0.717) is 6.42 Å². The molecule has 0 radical (unpaired) electrons. The zero-order valence-corrected chi connectivity index (χ0v) is 3.39. The Kier molecular flexibility index (Phi) is 3.48. The molecule has 32 valence electrons. The third-order valence-corrected chi connectivity index (χ3v) is 0.341. The molecule has 0 heterocycles. The van der Waals surface area contributed by atoms with Crippen molar-refractivity contribution in [3.05, 3.63) is 12.3 Å². The number of allylic oxidation sites excluding steroid dienone is 1. The van der Waals surface area contributed by atoms with Gasteiger partial charge in [-0.15, -0.1) is 12.3 Å². The van der Waals surface area contributed by atoms with E-state index in [0.717, 1.165) is 6.26 Å². The van der Waals surface area contributed by atoms with Crippen molar-refractivity contribution in [2.24, 2.45) is 0 Å². The van der Waals surface area contributed by atoms with Crippen LogP contribution in [0.3, 0.4) is 0 Å². The fraction of sp³-hybridized carbons (Fsp3) is 0.200. The van der Waals surface area contributed by atoms with E-state index in [4.69, 9.17) is 11.5 Å². The predicted octanol–water partition coefficient (Wildman–Crippen LogP) is 1.08. The molecule has 0 atom stereocenters. The molecule has 0 spiro atoms. The third-order valence-electron chi connectivity index (χ3n) is 0.341. The average Bonchev–Trinajstić information content (AvgIpc) is 1.61. The van der Waals surface area contributed by atoms with Crippen LogP contribution in [0.4, 0.5) is 0 Å². The Labute approximate surface area is 37.3 Å². The Morgan fingerprint density at radius 1 is 1.83 bits per heavy atom. The summed E-state index contributed by atoms with van der Waals surface area (Å²) in [6.45, 7) is 0. The lowest BCUT2D eigenvalue weighted by atomic mass is 10.4. The van der Waals surface area contributed by atoms with Crippen LogP contribution in [0, 0.1) is 12.3 Å². The van der Waals surface area contributed by atoms with Crippen LogP contribution in [-0.4, -0.2) is 5.11 Å². The maximum Gasteiger partial charge on any atom is 0.0761 e. The Morgan fingerprint density at radius 3 is 2.67 bits per heavy atom. The maximum atomic E-state index is 7.92. The van der Waals surface area contributed by atoms with Gasteiger partial charge < -0.3 is 5.11 Å². The van der Waals surface area contributed by atoms with Crippen molar-refractivity contribution in [2.45, 2.75) is 6.42 Å². The highest BCUT2D eigenvalue weighted by Crippen LogP contribution is 1.72. The van der Waals surface area contributed by atoms with E-state index in [-0.39, 0.29) is 0 Å². The molecule has 0 bridgehead atoms. The summed E-state index contributed by atoms with van der Waals surface area (Å²) in [6, 6.07) is 0. The minimum absolute atomic E-state index is 0.510. The molecule has 6 heavy (non-hydrogen) atoms. The Balaban J connectivity index is 2.92. The number of terminal acetylenes is 1. The van der Waals surface area contributed by atoms with Crippen molar-refractivity contribution in [1.82, 2.24) is 0 Å². The third kappa shape index (κ3) is 3.10. The van der Waals surface area contributed by atoms with Crippen LogP contribution in [0.15, 0.2) is 12.3 Å². The SMILES string of the molecule is C#CC/C=C/O. The zero-order valence-electron chi connectivity index (χ0n) is 3.39. The van der Waals surface area contributed by atoms with Crippen molar-refractivity contribution >= 4 is 0 Å². The second-order valence-electron chi connectivity index (χ2n) is 0.793. The maximum absolute atomic E-state index is 7.92. The molecular formula is C5H6O. The largest absolute Gasteiger partial charge is 0.516 e. The number of aliphatic hydroxyl groups excluding tert-OH is 1. The Morgan fingerprint density at radius 2 is 2.50 bits per heavy atom. The van der Waals surface area contributed by atoms with E-state index in [1.165, 1.54) is 6.08 Å². The molecule has 0 fully saturated rings. The smallest absolute Gasteiger partial charge is 0.0761 e. The highest BCUT2D eigenvalue weighted by molar-refractivity contribution is 4.93. The van der Waals surface area contributed by atoms with Crippen LogP contribution in [0.5, 0.6) is 0 Å². The highest BCUT2D eigenvalue weighted by atomic mass is 16.2. The first-order chi connectivity index (χ1) is 2.91. The normalized spacial score (nSPS) is 8.50. The monoisotopic (exact) mass is 82.0 g/mol. The van der Waals surface area contributed by atoms with E-state index in [1.807, 2.05) is 0 Å². The lowest BCUT2D eigenvalue weighted by Gasteiger charge is -1.66. The molecule has 0 saturated heterocycles. The van der Waals surface area contributed by atoms with Crippen LogP contribution < -0.4 is 0 Å². The molecule has 0 aromatic carbocycles. The molecule has 1 nitrogen and oxygen atoms in total. The topological polar surface area (TPSA) is 20.2 Å².